The molecular weight excluding hydrogens is 236 g/mol. The quantitative estimate of drug-likeness (QED) is 0.875. The first-order chi connectivity index (χ1) is 9.02. The van der Waals surface area contributed by atoms with Gasteiger partial charge in [-0.3, -0.25) is 0 Å². The zero-order valence-corrected chi connectivity index (χ0v) is 12.4. The van der Waals surface area contributed by atoms with Crippen LogP contribution in [0, 0.1) is 6.92 Å². The van der Waals surface area contributed by atoms with E-state index in [2.05, 4.69) is 42.3 Å². The lowest BCUT2D eigenvalue weighted by molar-refractivity contribution is 0.0351. The van der Waals surface area contributed by atoms with Crippen LogP contribution >= 0.6 is 0 Å². The average molecular weight is 262 g/mol. The number of nitrogens with zero attached hydrogens (tertiary/aromatic N) is 1. The predicted octanol–water partition coefficient (Wildman–Crippen LogP) is 2.46. The summed E-state index contributed by atoms with van der Waals surface area (Å²) < 4.78 is 0. The second-order valence-corrected chi connectivity index (χ2v) is 5.90. The van der Waals surface area contributed by atoms with Crippen molar-refractivity contribution in [2.45, 2.75) is 45.8 Å². The van der Waals surface area contributed by atoms with Crippen LogP contribution in [0.15, 0.2) is 18.2 Å². The van der Waals surface area contributed by atoms with Crippen LogP contribution in [0.2, 0.25) is 0 Å². The number of anilines is 1. The van der Waals surface area contributed by atoms with Crippen LogP contribution < -0.4 is 10.2 Å². The molecule has 106 valence electrons. The van der Waals surface area contributed by atoms with Gasteiger partial charge in [0.05, 0.1) is 5.60 Å². The maximum Gasteiger partial charge on any atom is 0.0653 e. The van der Waals surface area contributed by atoms with E-state index in [4.69, 9.17) is 0 Å². The van der Waals surface area contributed by atoms with E-state index in [1.165, 1.54) is 16.8 Å². The largest absolute Gasteiger partial charge is 0.390 e. The first kappa shape index (κ1) is 14.4. The Labute approximate surface area is 116 Å². The summed E-state index contributed by atoms with van der Waals surface area (Å²) >= 11 is 0. The molecule has 3 nitrogen and oxygen atoms in total. The Morgan fingerprint density at radius 3 is 2.63 bits per heavy atom. The number of rotatable bonds is 4. The second-order valence-electron chi connectivity index (χ2n) is 5.90. The van der Waals surface area contributed by atoms with Gasteiger partial charge in [-0.25, -0.2) is 0 Å². The molecule has 1 fully saturated rings. The normalized spacial score (nSPS) is 18.6. The van der Waals surface area contributed by atoms with Crippen molar-refractivity contribution in [1.82, 2.24) is 5.32 Å². The van der Waals surface area contributed by atoms with Crippen LogP contribution in [0.4, 0.5) is 5.69 Å². The van der Waals surface area contributed by atoms with E-state index in [0.717, 1.165) is 39.0 Å². The van der Waals surface area contributed by atoms with Gasteiger partial charge >= 0.3 is 0 Å². The van der Waals surface area contributed by atoms with E-state index in [1.807, 2.05) is 6.92 Å². The van der Waals surface area contributed by atoms with Crippen molar-refractivity contribution in [3.8, 4) is 0 Å². The highest BCUT2D eigenvalue weighted by molar-refractivity contribution is 5.55. The molecule has 0 unspecified atom stereocenters. The maximum absolute atomic E-state index is 10.1. The van der Waals surface area contributed by atoms with Gasteiger partial charge in [0.25, 0.3) is 0 Å². The van der Waals surface area contributed by atoms with Crippen LogP contribution in [0.3, 0.4) is 0 Å². The fourth-order valence-electron chi connectivity index (χ4n) is 2.65. The lowest BCUT2D eigenvalue weighted by atomic mass is 9.93. The summed E-state index contributed by atoms with van der Waals surface area (Å²) in [4.78, 5) is 2.41. The Bertz CT molecular complexity index is 419. The zero-order valence-electron chi connectivity index (χ0n) is 12.4. The molecule has 1 aliphatic rings. The number of aliphatic hydroxyl groups is 1. The summed E-state index contributed by atoms with van der Waals surface area (Å²) in [5.74, 6) is 0. The van der Waals surface area contributed by atoms with Crippen molar-refractivity contribution >= 4 is 5.69 Å². The fraction of sp³-hybridized carbons (Fsp3) is 0.625. The highest BCUT2D eigenvalue weighted by Gasteiger charge is 2.28. The maximum atomic E-state index is 10.1. The van der Waals surface area contributed by atoms with Crippen LogP contribution in [-0.2, 0) is 6.54 Å². The third-order valence-electron chi connectivity index (χ3n) is 3.98. The van der Waals surface area contributed by atoms with Gasteiger partial charge in [0, 0.05) is 25.3 Å². The number of hydrogen-bond acceptors (Lipinski definition) is 3. The molecule has 3 heteroatoms. The molecule has 0 atom stereocenters. The lowest BCUT2D eigenvalue weighted by Gasteiger charge is -2.38. The summed E-state index contributed by atoms with van der Waals surface area (Å²) in [5.41, 5.74) is 3.51. The SMILES string of the molecule is CCNCc1cc(C)ccc1N1CCC(C)(O)CC1. The third-order valence-corrected chi connectivity index (χ3v) is 3.98. The Morgan fingerprint density at radius 1 is 1.32 bits per heavy atom. The standard InChI is InChI=1S/C16H26N2O/c1-4-17-12-14-11-13(2)5-6-15(14)18-9-7-16(3,19)8-10-18/h5-6,11,17,19H,4,7-10,12H2,1-3H3. The van der Waals surface area contributed by atoms with Crippen molar-refractivity contribution in [3.05, 3.63) is 29.3 Å². The van der Waals surface area contributed by atoms with Crippen molar-refractivity contribution in [2.75, 3.05) is 24.5 Å². The van der Waals surface area contributed by atoms with Gasteiger partial charge in [-0.1, -0.05) is 24.6 Å². The van der Waals surface area contributed by atoms with Crippen molar-refractivity contribution in [1.29, 1.82) is 0 Å². The molecule has 2 N–H and O–H groups in total. The number of piperidine rings is 1. The molecule has 1 saturated heterocycles. The van der Waals surface area contributed by atoms with Gasteiger partial charge in [0.15, 0.2) is 0 Å². The Balaban J connectivity index is 2.15. The van der Waals surface area contributed by atoms with Crippen LogP contribution in [0.25, 0.3) is 0 Å². The van der Waals surface area contributed by atoms with Gasteiger partial charge in [-0.05, 0) is 44.9 Å². The van der Waals surface area contributed by atoms with Gasteiger partial charge in [0.2, 0.25) is 0 Å². The van der Waals surface area contributed by atoms with Crippen LogP contribution in [0.1, 0.15) is 37.8 Å². The molecule has 0 aromatic heterocycles. The minimum Gasteiger partial charge on any atom is -0.390 e. The van der Waals surface area contributed by atoms with E-state index >= 15 is 0 Å². The first-order valence-electron chi connectivity index (χ1n) is 7.29. The molecule has 19 heavy (non-hydrogen) atoms. The van der Waals surface area contributed by atoms with E-state index in [9.17, 15) is 5.11 Å². The number of benzene rings is 1. The highest BCUT2D eigenvalue weighted by Crippen LogP contribution is 2.28. The smallest absolute Gasteiger partial charge is 0.0653 e. The molecule has 1 aliphatic heterocycles. The number of hydrogen-bond donors (Lipinski definition) is 2. The molecule has 0 amide bonds. The summed E-state index contributed by atoms with van der Waals surface area (Å²) in [6.07, 6.45) is 1.70. The summed E-state index contributed by atoms with van der Waals surface area (Å²) in [7, 11) is 0. The minimum absolute atomic E-state index is 0.483. The van der Waals surface area contributed by atoms with Gasteiger partial charge in [-0.2, -0.15) is 0 Å². The highest BCUT2D eigenvalue weighted by atomic mass is 16.3. The topological polar surface area (TPSA) is 35.5 Å². The summed E-state index contributed by atoms with van der Waals surface area (Å²) in [6, 6.07) is 6.67. The molecule has 0 saturated carbocycles. The summed E-state index contributed by atoms with van der Waals surface area (Å²) in [5, 5.41) is 13.5. The number of nitrogens with one attached hydrogen (secondary N) is 1. The van der Waals surface area contributed by atoms with Crippen molar-refractivity contribution in [3.63, 3.8) is 0 Å². The average Bonchev–Trinajstić information content (AvgIpc) is 2.37. The van der Waals surface area contributed by atoms with Crippen LogP contribution in [0.5, 0.6) is 0 Å². The first-order valence-corrected chi connectivity index (χ1v) is 7.29. The Hall–Kier alpha value is -1.06. The van der Waals surface area contributed by atoms with Crippen LogP contribution in [-0.4, -0.2) is 30.3 Å². The van der Waals surface area contributed by atoms with Gasteiger partial charge in [0.1, 0.15) is 0 Å². The molecular formula is C16H26N2O. The second kappa shape index (κ2) is 5.93. The molecule has 2 rings (SSSR count). The van der Waals surface area contributed by atoms with E-state index in [1.54, 1.807) is 0 Å². The van der Waals surface area contributed by atoms with Crippen molar-refractivity contribution in [2.24, 2.45) is 0 Å². The minimum atomic E-state index is -0.483. The Kier molecular flexibility index (Phi) is 4.48. The molecule has 1 heterocycles. The third kappa shape index (κ3) is 3.71. The van der Waals surface area contributed by atoms with E-state index in [-0.39, 0.29) is 0 Å². The predicted molar refractivity (Wildman–Crippen MR) is 80.6 cm³/mol. The fourth-order valence-corrected chi connectivity index (χ4v) is 2.65. The summed E-state index contributed by atoms with van der Waals surface area (Å²) in [6.45, 7) is 10.00. The van der Waals surface area contributed by atoms with E-state index < -0.39 is 5.60 Å². The lowest BCUT2D eigenvalue weighted by Crippen LogP contribution is -2.42. The van der Waals surface area contributed by atoms with Crippen molar-refractivity contribution < 1.29 is 5.11 Å². The molecule has 1 aromatic carbocycles. The molecule has 0 aliphatic carbocycles. The van der Waals surface area contributed by atoms with Gasteiger partial charge in [-0.15, -0.1) is 0 Å². The monoisotopic (exact) mass is 262 g/mol. The zero-order chi connectivity index (χ0) is 13.9. The molecule has 0 spiro atoms. The number of aryl methyl sites for hydroxylation is 1. The molecule has 0 bridgehead atoms. The van der Waals surface area contributed by atoms with Gasteiger partial charge < -0.3 is 15.3 Å². The van der Waals surface area contributed by atoms with E-state index in [0.29, 0.717) is 0 Å². The molecule has 1 aromatic rings. The molecule has 0 radical (unpaired) electrons. The Morgan fingerprint density at radius 2 is 2.00 bits per heavy atom.